The molecule has 0 aromatic carbocycles. The predicted molar refractivity (Wildman–Crippen MR) is 68.1 cm³/mol. The van der Waals surface area contributed by atoms with Crippen LogP contribution >= 0.6 is 11.3 Å². The summed E-state index contributed by atoms with van der Waals surface area (Å²) in [5.74, 6) is 0. The normalized spacial score (nSPS) is 12.9. The number of rotatable bonds is 4. The summed E-state index contributed by atoms with van der Waals surface area (Å²) in [6.45, 7) is 4.02. The first-order chi connectivity index (χ1) is 8.10. The molecule has 4 nitrogen and oxygen atoms in total. The van der Waals surface area contributed by atoms with E-state index in [9.17, 15) is 5.11 Å². The second kappa shape index (κ2) is 4.98. The lowest BCUT2D eigenvalue weighted by Gasteiger charge is -2.08. The second-order valence-corrected chi connectivity index (χ2v) is 5.20. The van der Waals surface area contributed by atoms with Crippen molar-refractivity contribution in [1.82, 2.24) is 14.8 Å². The lowest BCUT2D eigenvalue weighted by Crippen LogP contribution is -2.04. The van der Waals surface area contributed by atoms with Crippen LogP contribution in [0.1, 0.15) is 35.0 Å². The summed E-state index contributed by atoms with van der Waals surface area (Å²) in [6.07, 6.45) is 2.77. The van der Waals surface area contributed by atoms with E-state index in [1.165, 1.54) is 0 Å². The number of thiazole rings is 1. The topological polar surface area (TPSA) is 50.9 Å². The molecule has 2 rings (SSSR count). The molecule has 1 N–H and O–H groups in total. The molecule has 2 heterocycles. The zero-order chi connectivity index (χ0) is 12.4. The summed E-state index contributed by atoms with van der Waals surface area (Å²) in [7, 11) is 1.88. The Morgan fingerprint density at radius 2 is 2.29 bits per heavy atom. The molecule has 0 aliphatic carbocycles. The Morgan fingerprint density at radius 3 is 2.88 bits per heavy atom. The van der Waals surface area contributed by atoms with Crippen molar-refractivity contribution in [3.8, 4) is 0 Å². The van der Waals surface area contributed by atoms with Crippen LogP contribution in [0.25, 0.3) is 0 Å². The van der Waals surface area contributed by atoms with Crippen LogP contribution in [0.2, 0.25) is 0 Å². The van der Waals surface area contributed by atoms with Gasteiger partial charge in [0, 0.05) is 30.6 Å². The molecule has 0 spiro atoms. The van der Waals surface area contributed by atoms with Crippen molar-refractivity contribution in [3.05, 3.63) is 33.5 Å². The summed E-state index contributed by atoms with van der Waals surface area (Å²) in [5.41, 5.74) is 2.83. The third-order valence-electron chi connectivity index (χ3n) is 2.70. The molecule has 0 saturated heterocycles. The Labute approximate surface area is 105 Å². The number of nitrogens with zero attached hydrogens (tertiary/aromatic N) is 3. The van der Waals surface area contributed by atoms with Gasteiger partial charge in [-0.2, -0.15) is 5.10 Å². The highest BCUT2D eigenvalue weighted by molar-refractivity contribution is 7.09. The van der Waals surface area contributed by atoms with Crippen LogP contribution in [0, 0.1) is 6.92 Å². The highest BCUT2D eigenvalue weighted by atomic mass is 32.1. The number of aromatic nitrogens is 3. The molecule has 1 atom stereocenters. The van der Waals surface area contributed by atoms with Crippen LogP contribution in [0.15, 0.2) is 11.6 Å². The Balaban J connectivity index is 2.16. The smallest absolute Gasteiger partial charge is 0.0897 e. The van der Waals surface area contributed by atoms with Crippen LogP contribution < -0.4 is 0 Å². The van der Waals surface area contributed by atoms with Crippen molar-refractivity contribution in [2.24, 2.45) is 7.05 Å². The Morgan fingerprint density at radius 1 is 1.53 bits per heavy atom. The predicted octanol–water partition coefficient (Wildman–Crippen LogP) is 2.02. The molecule has 0 aliphatic heterocycles. The van der Waals surface area contributed by atoms with E-state index in [4.69, 9.17) is 0 Å². The molecule has 0 radical (unpaired) electrons. The number of hydrogen-bond acceptors (Lipinski definition) is 4. The number of aliphatic hydroxyl groups excluding tert-OH is 1. The molecule has 0 amide bonds. The van der Waals surface area contributed by atoms with Crippen molar-refractivity contribution in [1.29, 1.82) is 0 Å². The van der Waals surface area contributed by atoms with Gasteiger partial charge in [0.2, 0.25) is 0 Å². The summed E-state index contributed by atoms with van der Waals surface area (Å²) < 4.78 is 1.75. The van der Waals surface area contributed by atoms with Gasteiger partial charge in [-0.15, -0.1) is 11.3 Å². The van der Waals surface area contributed by atoms with Crippen LogP contribution in [0.3, 0.4) is 0 Å². The molecule has 92 valence electrons. The van der Waals surface area contributed by atoms with E-state index < -0.39 is 6.10 Å². The monoisotopic (exact) mass is 251 g/mol. The van der Waals surface area contributed by atoms with Crippen molar-refractivity contribution in [2.75, 3.05) is 0 Å². The first-order valence-electron chi connectivity index (χ1n) is 5.71. The first kappa shape index (κ1) is 12.3. The maximum Gasteiger partial charge on any atom is 0.0897 e. The van der Waals surface area contributed by atoms with E-state index in [1.54, 1.807) is 16.0 Å². The summed E-state index contributed by atoms with van der Waals surface area (Å²) in [5, 5.41) is 17.6. The zero-order valence-electron chi connectivity index (χ0n) is 10.3. The maximum absolute atomic E-state index is 10.2. The standard InChI is InChI=1S/C12H17N3OS/c1-4-11-10(6-15(3)14-11)12(16)5-9-7-17-8(2)13-9/h6-7,12,16H,4-5H2,1-3H3. The van der Waals surface area contributed by atoms with Crippen LogP contribution in [-0.4, -0.2) is 19.9 Å². The van der Waals surface area contributed by atoms with E-state index >= 15 is 0 Å². The molecule has 0 fully saturated rings. The summed E-state index contributed by atoms with van der Waals surface area (Å²) in [6, 6.07) is 0. The Hall–Kier alpha value is -1.20. The molecule has 0 aliphatic rings. The van der Waals surface area contributed by atoms with Gasteiger partial charge in [0.25, 0.3) is 0 Å². The molecular formula is C12H17N3OS. The summed E-state index contributed by atoms with van der Waals surface area (Å²) >= 11 is 1.61. The highest BCUT2D eigenvalue weighted by Crippen LogP contribution is 2.22. The average molecular weight is 251 g/mol. The lowest BCUT2D eigenvalue weighted by molar-refractivity contribution is 0.176. The molecule has 17 heavy (non-hydrogen) atoms. The second-order valence-electron chi connectivity index (χ2n) is 4.14. The lowest BCUT2D eigenvalue weighted by atomic mass is 10.1. The van der Waals surface area contributed by atoms with Crippen molar-refractivity contribution < 1.29 is 5.11 Å². The van der Waals surface area contributed by atoms with Crippen LogP contribution in [0.4, 0.5) is 0 Å². The Kier molecular flexibility index (Phi) is 3.59. The van der Waals surface area contributed by atoms with Gasteiger partial charge in [0.15, 0.2) is 0 Å². The van der Waals surface area contributed by atoms with Gasteiger partial charge >= 0.3 is 0 Å². The molecule has 2 aromatic heterocycles. The first-order valence-corrected chi connectivity index (χ1v) is 6.59. The van der Waals surface area contributed by atoms with Gasteiger partial charge < -0.3 is 5.11 Å². The molecule has 0 saturated carbocycles. The van der Waals surface area contributed by atoms with Gasteiger partial charge in [-0.1, -0.05) is 6.92 Å². The SMILES string of the molecule is CCc1nn(C)cc1C(O)Cc1csc(C)n1. The largest absolute Gasteiger partial charge is 0.388 e. The minimum Gasteiger partial charge on any atom is -0.388 e. The third kappa shape index (κ3) is 2.73. The number of hydrogen-bond donors (Lipinski definition) is 1. The van der Waals surface area contributed by atoms with E-state index in [2.05, 4.69) is 10.1 Å². The van der Waals surface area contributed by atoms with Crippen molar-refractivity contribution in [3.63, 3.8) is 0 Å². The van der Waals surface area contributed by atoms with Crippen molar-refractivity contribution >= 4 is 11.3 Å². The highest BCUT2D eigenvalue weighted by Gasteiger charge is 2.16. The van der Waals surface area contributed by atoms with Crippen molar-refractivity contribution in [2.45, 2.75) is 32.8 Å². The fourth-order valence-corrected chi connectivity index (χ4v) is 2.54. The average Bonchev–Trinajstić information content (AvgIpc) is 2.84. The number of aryl methyl sites for hydroxylation is 3. The van der Waals surface area contributed by atoms with Gasteiger partial charge in [0.05, 0.1) is 22.5 Å². The third-order valence-corrected chi connectivity index (χ3v) is 3.52. The molecular weight excluding hydrogens is 234 g/mol. The summed E-state index contributed by atoms with van der Waals surface area (Å²) in [4.78, 5) is 4.37. The minimum absolute atomic E-state index is 0.514. The van der Waals surface area contributed by atoms with Gasteiger partial charge in [0.1, 0.15) is 0 Å². The fourth-order valence-electron chi connectivity index (χ4n) is 1.92. The molecule has 2 aromatic rings. The number of aliphatic hydroxyl groups is 1. The van der Waals surface area contributed by atoms with E-state index in [-0.39, 0.29) is 0 Å². The Bertz CT molecular complexity index is 504. The van der Waals surface area contributed by atoms with Crippen LogP contribution in [-0.2, 0) is 19.9 Å². The van der Waals surface area contributed by atoms with E-state index in [0.717, 1.165) is 28.4 Å². The quantitative estimate of drug-likeness (QED) is 0.904. The van der Waals surface area contributed by atoms with E-state index in [1.807, 2.05) is 32.5 Å². The van der Waals surface area contributed by atoms with Gasteiger partial charge in [-0.05, 0) is 13.3 Å². The maximum atomic E-state index is 10.2. The van der Waals surface area contributed by atoms with Gasteiger partial charge in [-0.25, -0.2) is 4.98 Å². The minimum atomic E-state index is -0.514. The van der Waals surface area contributed by atoms with Crippen LogP contribution in [0.5, 0.6) is 0 Å². The van der Waals surface area contributed by atoms with Gasteiger partial charge in [-0.3, -0.25) is 4.68 Å². The fraction of sp³-hybridized carbons (Fsp3) is 0.500. The molecule has 5 heteroatoms. The zero-order valence-corrected chi connectivity index (χ0v) is 11.2. The molecule has 1 unspecified atom stereocenters. The van der Waals surface area contributed by atoms with E-state index in [0.29, 0.717) is 6.42 Å². The molecule has 0 bridgehead atoms.